The zero-order valence-electron chi connectivity index (χ0n) is 8.04. The highest BCUT2D eigenvalue weighted by Gasteiger charge is 1.95. The van der Waals surface area contributed by atoms with Crippen molar-refractivity contribution in [2.24, 2.45) is 5.73 Å². The average molecular weight is 246 g/mol. The maximum atomic E-state index is 5.54. The quantitative estimate of drug-likeness (QED) is 0.882. The summed E-state index contributed by atoms with van der Waals surface area (Å²) < 4.78 is 1.82. The van der Waals surface area contributed by atoms with Crippen molar-refractivity contribution in [3.8, 4) is 5.69 Å². The van der Waals surface area contributed by atoms with E-state index >= 15 is 0 Å². The molecular weight excluding hydrogens is 233 g/mol. The van der Waals surface area contributed by atoms with Gasteiger partial charge in [0.15, 0.2) is 0 Å². The second-order valence-corrected chi connectivity index (χ2v) is 2.82. The largest absolute Gasteiger partial charge is 0.326 e. The molecule has 0 atom stereocenters. The lowest BCUT2D eigenvalue weighted by molar-refractivity contribution is 0.876. The van der Waals surface area contributed by atoms with Gasteiger partial charge in [-0.2, -0.15) is 5.10 Å². The van der Waals surface area contributed by atoms with Crippen molar-refractivity contribution in [3.05, 3.63) is 48.3 Å². The smallest absolute Gasteiger partial charge is 0.0648 e. The van der Waals surface area contributed by atoms with Crippen LogP contribution in [0.2, 0.25) is 0 Å². The van der Waals surface area contributed by atoms with Crippen molar-refractivity contribution in [1.82, 2.24) is 9.78 Å². The van der Waals surface area contributed by atoms with Crippen LogP contribution in [0.5, 0.6) is 0 Å². The van der Waals surface area contributed by atoms with E-state index in [2.05, 4.69) is 5.10 Å². The standard InChI is InChI=1S/C10H11N3.2ClH/c11-8-9-3-1-4-10(7-9)13-6-2-5-12-13;;/h1-7H,8,11H2;2*1H. The van der Waals surface area contributed by atoms with E-state index in [1.807, 2.05) is 41.2 Å². The van der Waals surface area contributed by atoms with Gasteiger partial charge in [0.2, 0.25) is 0 Å². The highest BCUT2D eigenvalue weighted by Crippen LogP contribution is 2.08. The monoisotopic (exact) mass is 245 g/mol. The lowest BCUT2D eigenvalue weighted by atomic mass is 10.2. The van der Waals surface area contributed by atoms with Crippen LogP contribution in [0.15, 0.2) is 42.7 Å². The molecule has 0 fully saturated rings. The molecule has 82 valence electrons. The number of hydrogen-bond acceptors (Lipinski definition) is 2. The van der Waals surface area contributed by atoms with E-state index in [0.717, 1.165) is 11.3 Å². The minimum Gasteiger partial charge on any atom is -0.326 e. The van der Waals surface area contributed by atoms with Gasteiger partial charge in [-0.3, -0.25) is 0 Å². The first-order valence-corrected chi connectivity index (χ1v) is 4.19. The molecule has 0 bridgehead atoms. The number of hydrogen-bond donors (Lipinski definition) is 1. The van der Waals surface area contributed by atoms with Crippen LogP contribution in [-0.4, -0.2) is 9.78 Å². The Kier molecular flexibility index (Phi) is 6.01. The summed E-state index contributed by atoms with van der Waals surface area (Å²) >= 11 is 0. The molecule has 2 aromatic rings. The molecule has 0 saturated carbocycles. The highest BCUT2D eigenvalue weighted by atomic mass is 35.5. The number of aromatic nitrogens is 2. The van der Waals surface area contributed by atoms with E-state index in [1.54, 1.807) is 6.20 Å². The molecule has 0 aliphatic heterocycles. The van der Waals surface area contributed by atoms with Gasteiger partial charge in [-0.25, -0.2) is 4.68 Å². The molecule has 0 radical (unpaired) electrons. The molecule has 1 aromatic heterocycles. The zero-order valence-corrected chi connectivity index (χ0v) is 9.67. The fourth-order valence-corrected chi connectivity index (χ4v) is 1.25. The lowest BCUT2D eigenvalue weighted by Gasteiger charge is -2.02. The molecule has 15 heavy (non-hydrogen) atoms. The Morgan fingerprint density at radius 3 is 2.60 bits per heavy atom. The minimum absolute atomic E-state index is 0. The maximum Gasteiger partial charge on any atom is 0.0648 e. The SMILES string of the molecule is Cl.Cl.NCc1cccc(-n2cccn2)c1. The number of rotatable bonds is 2. The van der Waals surface area contributed by atoms with Crippen molar-refractivity contribution in [1.29, 1.82) is 0 Å². The van der Waals surface area contributed by atoms with Crippen LogP contribution in [0.3, 0.4) is 0 Å². The van der Waals surface area contributed by atoms with Gasteiger partial charge in [0.1, 0.15) is 0 Å². The second-order valence-electron chi connectivity index (χ2n) is 2.82. The Hall–Kier alpha value is -1.03. The highest BCUT2D eigenvalue weighted by molar-refractivity contribution is 5.85. The summed E-state index contributed by atoms with van der Waals surface area (Å²) in [6.07, 6.45) is 3.67. The van der Waals surface area contributed by atoms with Crippen LogP contribution in [0.1, 0.15) is 5.56 Å². The van der Waals surface area contributed by atoms with E-state index in [4.69, 9.17) is 5.73 Å². The molecular formula is C10H13Cl2N3. The van der Waals surface area contributed by atoms with Crippen molar-refractivity contribution in [2.75, 3.05) is 0 Å². The van der Waals surface area contributed by atoms with Gasteiger partial charge >= 0.3 is 0 Å². The first-order chi connectivity index (χ1) is 6.40. The molecule has 2 rings (SSSR count). The zero-order chi connectivity index (χ0) is 9.10. The summed E-state index contributed by atoms with van der Waals surface area (Å²) in [4.78, 5) is 0. The summed E-state index contributed by atoms with van der Waals surface area (Å²) in [7, 11) is 0. The molecule has 0 saturated heterocycles. The van der Waals surface area contributed by atoms with Crippen molar-refractivity contribution < 1.29 is 0 Å². The lowest BCUT2D eigenvalue weighted by Crippen LogP contribution is -1.99. The third kappa shape index (κ3) is 3.23. The third-order valence-electron chi connectivity index (χ3n) is 1.92. The van der Waals surface area contributed by atoms with Crippen LogP contribution in [-0.2, 0) is 6.54 Å². The van der Waals surface area contributed by atoms with E-state index < -0.39 is 0 Å². The molecule has 5 heteroatoms. The number of benzene rings is 1. The number of halogens is 2. The Labute approximate surface area is 101 Å². The Balaban J connectivity index is 0.000000980. The first-order valence-electron chi connectivity index (χ1n) is 4.19. The summed E-state index contributed by atoms with van der Waals surface area (Å²) in [6, 6.07) is 9.93. The topological polar surface area (TPSA) is 43.8 Å². The van der Waals surface area contributed by atoms with Crippen LogP contribution in [0.4, 0.5) is 0 Å². The summed E-state index contributed by atoms with van der Waals surface area (Å²) in [5, 5.41) is 4.14. The van der Waals surface area contributed by atoms with Gasteiger partial charge in [0.25, 0.3) is 0 Å². The molecule has 0 amide bonds. The molecule has 3 nitrogen and oxygen atoms in total. The van der Waals surface area contributed by atoms with Crippen molar-refractivity contribution >= 4 is 24.8 Å². The third-order valence-corrected chi connectivity index (χ3v) is 1.92. The van der Waals surface area contributed by atoms with E-state index in [9.17, 15) is 0 Å². The number of nitrogens with zero attached hydrogens (tertiary/aromatic N) is 2. The maximum absolute atomic E-state index is 5.54. The van der Waals surface area contributed by atoms with E-state index in [1.165, 1.54) is 0 Å². The van der Waals surface area contributed by atoms with Crippen molar-refractivity contribution in [2.45, 2.75) is 6.54 Å². The molecule has 0 unspecified atom stereocenters. The molecule has 0 aliphatic rings. The van der Waals surface area contributed by atoms with Crippen LogP contribution in [0, 0.1) is 0 Å². The molecule has 0 spiro atoms. The fourth-order valence-electron chi connectivity index (χ4n) is 1.25. The van der Waals surface area contributed by atoms with Crippen LogP contribution in [0.25, 0.3) is 5.69 Å². The Morgan fingerprint density at radius 1 is 1.20 bits per heavy atom. The molecule has 1 aromatic carbocycles. The molecule has 0 aliphatic carbocycles. The van der Waals surface area contributed by atoms with Gasteiger partial charge < -0.3 is 5.73 Å². The summed E-state index contributed by atoms with van der Waals surface area (Å²) in [5.74, 6) is 0. The Morgan fingerprint density at radius 2 is 2.00 bits per heavy atom. The molecule has 2 N–H and O–H groups in total. The fraction of sp³-hybridized carbons (Fsp3) is 0.100. The van der Waals surface area contributed by atoms with Crippen molar-refractivity contribution in [3.63, 3.8) is 0 Å². The Bertz CT molecular complexity index is 387. The predicted octanol–water partition coefficient (Wildman–Crippen LogP) is 2.17. The van der Waals surface area contributed by atoms with Gasteiger partial charge in [-0.05, 0) is 23.8 Å². The van der Waals surface area contributed by atoms with Gasteiger partial charge in [-0.1, -0.05) is 12.1 Å². The van der Waals surface area contributed by atoms with E-state index in [0.29, 0.717) is 6.54 Å². The van der Waals surface area contributed by atoms with Crippen LogP contribution < -0.4 is 5.73 Å². The van der Waals surface area contributed by atoms with Crippen LogP contribution >= 0.6 is 24.8 Å². The summed E-state index contributed by atoms with van der Waals surface area (Å²) in [6.45, 7) is 0.565. The van der Waals surface area contributed by atoms with Gasteiger partial charge in [0, 0.05) is 18.9 Å². The second kappa shape index (κ2) is 6.45. The number of nitrogens with two attached hydrogens (primary N) is 1. The first kappa shape index (κ1) is 14.0. The van der Waals surface area contributed by atoms with E-state index in [-0.39, 0.29) is 24.8 Å². The van der Waals surface area contributed by atoms with Gasteiger partial charge in [0.05, 0.1) is 5.69 Å². The summed E-state index contributed by atoms with van der Waals surface area (Å²) in [5.41, 5.74) is 7.71. The molecule has 1 heterocycles. The average Bonchev–Trinajstić information content (AvgIpc) is 2.71. The predicted molar refractivity (Wildman–Crippen MR) is 66.0 cm³/mol. The van der Waals surface area contributed by atoms with Gasteiger partial charge in [-0.15, -0.1) is 24.8 Å². The minimum atomic E-state index is 0. The normalized spacial score (nSPS) is 8.87.